The zero-order valence-corrected chi connectivity index (χ0v) is 15.9. The molecule has 1 heterocycles. The summed E-state index contributed by atoms with van der Waals surface area (Å²) in [6.07, 6.45) is 2.99. The molecule has 3 aromatic rings. The monoisotopic (exact) mass is 387 g/mol. The Morgan fingerprint density at radius 3 is 2.56 bits per heavy atom. The van der Waals surface area contributed by atoms with Crippen LogP contribution in [0.4, 0.5) is 8.78 Å². The van der Waals surface area contributed by atoms with Gasteiger partial charge in [0.1, 0.15) is 24.3 Å². The van der Waals surface area contributed by atoms with Gasteiger partial charge in [0.05, 0.1) is 6.54 Å². The van der Waals surface area contributed by atoms with Crippen LogP contribution in [0.15, 0.2) is 61.7 Å². The molecule has 2 aromatic carbocycles. The highest BCUT2D eigenvalue weighted by Gasteiger charge is 2.42. The number of aromatic nitrogens is 3. The number of allylic oxidation sites excluding steroid dienone is 1. The lowest BCUT2D eigenvalue weighted by Gasteiger charge is -2.40. The third-order valence-electron chi connectivity index (χ3n) is 5.01. The highest BCUT2D eigenvalue weighted by molar-refractivity contribution is 6.32. The normalized spacial score (nSPS) is 13.6. The molecule has 1 atom stereocenters. The van der Waals surface area contributed by atoms with Crippen LogP contribution in [0.3, 0.4) is 0 Å². The predicted molar refractivity (Wildman–Crippen MR) is 103 cm³/mol. The third kappa shape index (κ3) is 3.52. The van der Waals surface area contributed by atoms with Crippen molar-refractivity contribution in [1.29, 1.82) is 0 Å². The molecule has 27 heavy (non-hydrogen) atoms. The largest absolute Gasteiger partial charge is 0.252 e. The molecule has 0 spiro atoms. The van der Waals surface area contributed by atoms with Gasteiger partial charge in [-0.1, -0.05) is 56.3 Å². The molecule has 0 aliphatic carbocycles. The molecular weight excluding hydrogens is 368 g/mol. The molecule has 1 aromatic heterocycles. The summed E-state index contributed by atoms with van der Waals surface area (Å²) < 4.78 is 30.2. The van der Waals surface area contributed by atoms with Gasteiger partial charge in [0.25, 0.3) is 0 Å². The summed E-state index contributed by atoms with van der Waals surface area (Å²) in [6, 6.07) is 10.9. The van der Waals surface area contributed by atoms with E-state index in [0.29, 0.717) is 16.2 Å². The number of nitrogens with zero attached hydrogens (tertiary/aromatic N) is 3. The van der Waals surface area contributed by atoms with Crippen LogP contribution in [0.5, 0.6) is 0 Å². The van der Waals surface area contributed by atoms with Crippen LogP contribution >= 0.6 is 11.6 Å². The molecule has 0 saturated carbocycles. The standard InChI is InChI=1S/C21H20ClF2N3/c1-14(2)21(11-27-13-25-12-26-27,18-9-8-16(23)10-20(18)24)15(3)17-6-4-5-7-19(17)22/h4-10,12-14H,3,11H2,1-2H3/t21-/m1/s1. The second-order valence-corrected chi connectivity index (χ2v) is 7.21. The molecule has 6 heteroatoms. The number of hydrogen-bond donors (Lipinski definition) is 0. The van der Waals surface area contributed by atoms with Crippen molar-refractivity contribution in [3.63, 3.8) is 0 Å². The van der Waals surface area contributed by atoms with Crippen molar-refractivity contribution < 1.29 is 8.78 Å². The zero-order valence-electron chi connectivity index (χ0n) is 15.2. The molecule has 0 aliphatic rings. The van der Waals surface area contributed by atoms with Gasteiger partial charge < -0.3 is 0 Å². The van der Waals surface area contributed by atoms with Gasteiger partial charge in [0, 0.05) is 22.1 Å². The molecule has 0 fully saturated rings. The van der Waals surface area contributed by atoms with Crippen LogP contribution in [0.25, 0.3) is 5.57 Å². The molecule has 0 unspecified atom stereocenters. The van der Waals surface area contributed by atoms with Crippen LogP contribution in [0.1, 0.15) is 25.0 Å². The molecule has 0 saturated heterocycles. The first kappa shape index (κ1) is 19.2. The van der Waals surface area contributed by atoms with E-state index in [9.17, 15) is 8.78 Å². The van der Waals surface area contributed by atoms with Gasteiger partial charge in [-0.2, -0.15) is 5.10 Å². The fourth-order valence-electron chi connectivity index (χ4n) is 3.55. The van der Waals surface area contributed by atoms with Gasteiger partial charge in [-0.3, -0.25) is 4.68 Å². The van der Waals surface area contributed by atoms with E-state index in [-0.39, 0.29) is 12.5 Å². The predicted octanol–water partition coefficient (Wildman–Crippen LogP) is 5.52. The first-order valence-electron chi connectivity index (χ1n) is 8.58. The average molecular weight is 388 g/mol. The van der Waals surface area contributed by atoms with E-state index in [4.69, 9.17) is 11.6 Å². The Kier molecular flexibility index (Phi) is 5.42. The summed E-state index contributed by atoms with van der Waals surface area (Å²) >= 11 is 6.41. The second-order valence-electron chi connectivity index (χ2n) is 6.80. The van der Waals surface area contributed by atoms with Crippen molar-refractivity contribution in [1.82, 2.24) is 14.8 Å². The molecule has 0 bridgehead atoms. The molecule has 3 rings (SSSR count). The smallest absolute Gasteiger partial charge is 0.137 e. The fraction of sp³-hybridized carbons (Fsp3) is 0.238. The first-order valence-corrected chi connectivity index (χ1v) is 8.96. The highest BCUT2D eigenvalue weighted by atomic mass is 35.5. The van der Waals surface area contributed by atoms with E-state index in [1.54, 1.807) is 17.1 Å². The summed E-state index contributed by atoms with van der Waals surface area (Å²) in [5, 5.41) is 4.71. The first-order chi connectivity index (χ1) is 12.9. The van der Waals surface area contributed by atoms with Gasteiger partial charge in [-0.15, -0.1) is 0 Å². The number of halogens is 3. The molecule has 140 valence electrons. The van der Waals surface area contributed by atoms with Crippen LogP contribution in [0.2, 0.25) is 5.02 Å². The Hall–Kier alpha value is -2.53. The molecular formula is C21H20ClF2N3. The van der Waals surface area contributed by atoms with E-state index in [0.717, 1.165) is 11.6 Å². The van der Waals surface area contributed by atoms with Crippen LogP contribution in [0, 0.1) is 17.6 Å². The van der Waals surface area contributed by atoms with Gasteiger partial charge in [-0.05, 0) is 29.2 Å². The maximum Gasteiger partial charge on any atom is 0.137 e. The van der Waals surface area contributed by atoms with Gasteiger partial charge in [0.2, 0.25) is 0 Å². The lowest BCUT2D eigenvalue weighted by molar-refractivity contribution is 0.320. The van der Waals surface area contributed by atoms with E-state index in [2.05, 4.69) is 16.7 Å². The van der Waals surface area contributed by atoms with Crippen LogP contribution < -0.4 is 0 Å². The Bertz CT molecular complexity index is 954. The van der Waals surface area contributed by atoms with E-state index >= 15 is 0 Å². The Morgan fingerprint density at radius 1 is 1.22 bits per heavy atom. The Labute approximate surface area is 162 Å². The summed E-state index contributed by atoms with van der Waals surface area (Å²) in [5.74, 6) is -1.35. The molecule has 0 aliphatic heterocycles. The number of hydrogen-bond acceptors (Lipinski definition) is 2. The maximum atomic E-state index is 15.0. The summed E-state index contributed by atoms with van der Waals surface area (Å²) in [6.45, 7) is 8.53. The molecule has 0 amide bonds. The van der Waals surface area contributed by atoms with Crippen molar-refractivity contribution in [2.45, 2.75) is 25.8 Å². The fourth-order valence-corrected chi connectivity index (χ4v) is 3.80. The topological polar surface area (TPSA) is 30.7 Å². The number of benzene rings is 2. The van der Waals surface area contributed by atoms with Crippen LogP contribution in [-0.4, -0.2) is 14.8 Å². The number of rotatable bonds is 6. The minimum Gasteiger partial charge on any atom is -0.252 e. The second kappa shape index (κ2) is 7.61. The van der Waals surface area contributed by atoms with Crippen molar-refractivity contribution in [2.24, 2.45) is 5.92 Å². The van der Waals surface area contributed by atoms with E-state index < -0.39 is 17.0 Å². The summed E-state index contributed by atoms with van der Waals surface area (Å²) in [7, 11) is 0. The van der Waals surface area contributed by atoms with Crippen molar-refractivity contribution in [3.8, 4) is 0 Å². The molecule has 3 nitrogen and oxygen atoms in total. The van der Waals surface area contributed by atoms with Gasteiger partial charge >= 0.3 is 0 Å². The van der Waals surface area contributed by atoms with E-state index in [1.807, 2.05) is 32.0 Å². The van der Waals surface area contributed by atoms with Gasteiger partial charge in [0.15, 0.2) is 0 Å². The van der Waals surface area contributed by atoms with E-state index in [1.165, 1.54) is 18.5 Å². The van der Waals surface area contributed by atoms with Crippen molar-refractivity contribution >= 4 is 17.2 Å². The lowest BCUT2D eigenvalue weighted by atomic mass is 9.65. The lowest BCUT2D eigenvalue weighted by Crippen LogP contribution is -2.39. The van der Waals surface area contributed by atoms with Crippen LogP contribution in [-0.2, 0) is 12.0 Å². The zero-order chi connectivity index (χ0) is 19.6. The SMILES string of the molecule is C=C(c1ccccc1Cl)[C@](Cn1cncn1)(c1ccc(F)cc1F)C(C)C. The molecule has 0 N–H and O–H groups in total. The molecule has 0 radical (unpaired) electrons. The average Bonchev–Trinajstić information content (AvgIpc) is 3.13. The summed E-state index contributed by atoms with van der Waals surface area (Å²) in [4.78, 5) is 3.99. The van der Waals surface area contributed by atoms with Crippen molar-refractivity contribution in [3.05, 3.63) is 89.5 Å². The minimum absolute atomic E-state index is 0.0922. The summed E-state index contributed by atoms with van der Waals surface area (Å²) in [5.41, 5.74) is 0.802. The minimum atomic E-state index is -0.906. The third-order valence-corrected chi connectivity index (χ3v) is 5.34. The Morgan fingerprint density at radius 2 is 1.96 bits per heavy atom. The van der Waals surface area contributed by atoms with Crippen molar-refractivity contribution in [2.75, 3.05) is 0 Å². The van der Waals surface area contributed by atoms with Gasteiger partial charge in [-0.25, -0.2) is 13.8 Å². The highest BCUT2D eigenvalue weighted by Crippen LogP contribution is 2.47. The maximum absolute atomic E-state index is 15.0. The Balaban J connectivity index is 2.26. The quantitative estimate of drug-likeness (QED) is 0.557.